The van der Waals surface area contributed by atoms with Gasteiger partial charge >= 0.3 is 0 Å². The maximum absolute atomic E-state index is 12.8. The lowest BCUT2D eigenvalue weighted by atomic mass is 9.94. The molecule has 3 rings (SSSR count). The second-order valence-electron chi connectivity index (χ2n) is 6.61. The highest BCUT2D eigenvalue weighted by Crippen LogP contribution is 2.43. The predicted octanol–water partition coefficient (Wildman–Crippen LogP) is 3.29. The molecule has 0 fully saturated rings. The zero-order valence-corrected chi connectivity index (χ0v) is 15.2. The minimum Gasteiger partial charge on any atom is -0.369 e. The van der Waals surface area contributed by atoms with Crippen molar-refractivity contribution in [3.05, 3.63) is 71.3 Å². The van der Waals surface area contributed by atoms with Crippen LogP contribution in [-0.4, -0.2) is 27.6 Å². The van der Waals surface area contributed by atoms with Gasteiger partial charge in [0.05, 0.1) is 5.25 Å². The van der Waals surface area contributed by atoms with Crippen LogP contribution in [0.4, 0.5) is 0 Å². The van der Waals surface area contributed by atoms with Gasteiger partial charge in [-0.05, 0) is 29.0 Å². The van der Waals surface area contributed by atoms with Crippen LogP contribution in [0.3, 0.4) is 0 Å². The Morgan fingerprint density at radius 3 is 2.40 bits per heavy atom. The number of Topliss-reactive ketones (excluding diaryl/α,β-unsaturated/α-hetero) is 1. The molecule has 0 saturated carbocycles. The first-order valence-corrected chi connectivity index (χ1v) is 10.2. The van der Waals surface area contributed by atoms with Crippen LogP contribution in [0.15, 0.2) is 54.6 Å². The molecule has 4 nitrogen and oxygen atoms in total. The monoisotopic (exact) mass is 358 g/mol. The van der Waals surface area contributed by atoms with Crippen molar-refractivity contribution in [2.45, 2.75) is 24.2 Å². The minimum atomic E-state index is -3.30. The van der Waals surface area contributed by atoms with Crippen LogP contribution < -0.4 is 0 Å². The largest absolute Gasteiger partial charge is 0.369 e. The molecular weight excluding hydrogens is 336 g/mol. The molecule has 1 aliphatic rings. The van der Waals surface area contributed by atoms with E-state index in [2.05, 4.69) is 0 Å². The maximum atomic E-state index is 12.8. The first-order chi connectivity index (χ1) is 11.9. The van der Waals surface area contributed by atoms with Crippen molar-refractivity contribution in [3.8, 4) is 0 Å². The van der Waals surface area contributed by atoms with Gasteiger partial charge in [0.2, 0.25) is 0 Å². The molecule has 2 aromatic carbocycles. The molecule has 132 valence electrons. The van der Waals surface area contributed by atoms with Gasteiger partial charge < -0.3 is 4.74 Å². The van der Waals surface area contributed by atoms with E-state index in [1.807, 2.05) is 54.6 Å². The van der Waals surface area contributed by atoms with Crippen molar-refractivity contribution in [2.24, 2.45) is 5.92 Å². The smallest absolute Gasteiger partial charge is 0.166 e. The Balaban J connectivity index is 1.86. The Bertz CT molecular complexity index is 858. The van der Waals surface area contributed by atoms with E-state index in [9.17, 15) is 13.2 Å². The average molecular weight is 358 g/mol. The van der Waals surface area contributed by atoms with E-state index in [0.29, 0.717) is 6.42 Å². The number of carbonyl (C=O) groups is 1. The molecule has 2 aromatic rings. The number of sulfone groups is 1. The Morgan fingerprint density at radius 1 is 1.12 bits per heavy atom. The predicted molar refractivity (Wildman–Crippen MR) is 97.0 cm³/mol. The molecule has 2 unspecified atom stereocenters. The molecule has 0 bridgehead atoms. The summed E-state index contributed by atoms with van der Waals surface area (Å²) in [7, 11) is -1.79. The summed E-state index contributed by atoms with van der Waals surface area (Å²) in [5.41, 5.74) is 2.64. The van der Waals surface area contributed by atoms with Crippen molar-refractivity contribution in [2.75, 3.05) is 13.4 Å². The van der Waals surface area contributed by atoms with Gasteiger partial charge in [-0.3, -0.25) is 4.79 Å². The van der Waals surface area contributed by atoms with Crippen molar-refractivity contribution < 1.29 is 17.9 Å². The van der Waals surface area contributed by atoms with Crippen LogP contribution >= 0.6 is 0 Å². The molecule has 25 heavy (non-hydrogen) atoms. The number of rotatable bonds is 6. The minimum absolute atomic E-state index is 0.0832. The van der Waals surface area contributed by atoms with Gasteiger partial charge in [0, 0.05) is 19.8 Å². The topological polar surface area (TPSA) is 60.4 Å². The van der Waals surface area contributed by atoms with E-state index in [1.165, 1.54) is 13.4 Å². The first-order valence-electron chi connectivity index (χ1n) is 8.29. The van der Waals surface area contributed by atoms with Gasteiger partial charge in [0.1, 0.15) is 6.10 Å². The molecule has 0 radical (unpaired) electrons. The number of fused-ring (bicyclic) bond motifs is 1. The Morgan fingerprint density at radius 2 is 1.76 bits per heavy atom. The van der Waals surface area contributed by atoms with Gasteiger partial charge in [0.15, 0.2) is 15.6 Å². The highest BCUT2D eigenvalue weighted by atomic mass is 32.2. The molecule has 3 atom stereocenters. The number of methoxy groups -OCH3 is 1. The Hall–Kier alpha value is -1.98. The summed E-state index contributed by atoms with van der Waals surface area (Å²) in [6, 6.07) is 16.9. The van der Waals surface area contributed by atoms with Crippen LogP contribution in [0, 0.1) is 5.92 Å². The number of hydrogen-bond acceptors (Lipinski definition) is 4. The summed E-state index contributed by atoms with van der Waals surface area (Å²) in [6.45, 7) is 0. The normalized spacial score (nSPS) is 20.9. The zero-order chi connectivity index (χ0) is 18.0. The summed E-state index contributed by atoms with van der Waals surface area (Å²) < 4.78 is 30.1. The van der Waals surface area contributed by atoms with Crippen molar-refractivity contribution >= 4 is 15.6 Å². The quantitative estimate of drug-likeness (QED) is 0.795. The fourth-order valence-electron chi connectivity index (χ4n) is 3.85. The molecule has 5 heteroatoms. The summed E-state index contributed by atoms with van der Waals surface area (Å²) in [5.74, 6) is -0.332. The number of benzene rings is 2. The summed E-state index contributed by atoms with van der Waals surface area (Å²) in [4.78, 5) is 12.8. The molecular formula is C20H22O4S. The molecule has 0 aliphatic heterocycles. The van der Waals surface area contributed by atoms with E-state index in [1.54, 1.807) is 0 Å². The van der Waals surface area contributed by atoms with Gasteiger partial charge in [-0.15, -0.1) is 0 Å². The van der Waals surface area contributed by atoms with Crippen LogP contribution in [0.5, 0.6) is 0 Å². The van der Waals surface area contributed by atoms with E-state index >= 15 is 0 Å². The van der Waals surface area contributed by atoms with E-state index in [0.717, 1.165) is 16.7 Å². The fraction of sp³-hybridized carbons (Fsp3) is 0.350. The third kappa shape index (κ3) is 3.67. The van der Waals surface area contributed by atoms with Crippen molar-refractivity contribution in [1.29, 1.82) is 0 Å². The first kappa shape index (κ1) is 17.8. The van der Waals surface area contributed by atoms with Crippen LogP contribution in [0.2, 0.25) is 0 Å². The molecule has 0 amide bonds. The Kier molecular flexibility index (Phi) is 5.06. The second-order valence-corrected chi connectivity index (χ2v) is 8.78. The number of ketones is 1. The average Bonchev–Trinajstić information content (AvgIpc) is 2.94. The standard InChI is InChI=1S/C20H22O4S/c1-24-19(14-8-4-3-5-9-14)18(21)13-16-12-15-10-6-7-11-17(15)20(16)25(2,22)23/h3-11,16,19-20H,12-13H2,1-2H3/t16?,19-,20?/m0/s1. The van der Waals surface area contributed by atoms with Crippen LogP contribution in [0.1, 0.15) is 34.5 Å². The lowest BCUT2D eigenvalue weighted by Crippen LogP contribution is -2.23. The molecule has 0 aromatic heterocycles. The third-order valence-corrected chi connectivity index (χ3v) is 6.39. The summed E-state index contributed by atoms with van der Waals surface area (Å²) >= 11 is 0. The lowest BCUT2D eigenvalue weighted by molar-refractivity contribution is -0.130. The van der Waals surface area contributed by atoms with E-state index < -0.39 is 21.2 Å². The van der Waals surface area contributed by atoms with Gasteiger partial charge in [-0.25, -0.2) is 8.42 Å². The molecule has 0 saturated heterocycles. The highest BCUT2D eigenvalue weighted by Gasteiger charge is 2.40. The zero-order valence-electron chi connectivity index (χ0n) is 14.4. The lowest BCUT2D eigenvalue weighted by Gasteiger charge is -2.21. The number of hydrogen-bond donors (Lipinski definition) is 0. The second kappa shape index (κ2) is 7.10. The summed E-state index contributed by atoms with van der Waals surface area (Å²) in [5, 5.41) is -0.624. The van der Waals surface area contributed by atoms with E-state index in [4.69, 9.17) is 4.74 Å². The van der Waals surface area contributed by atoms with Crippen molar-refractivity contribution in [3.63, 3.8) is 0 Å². The molecule has 0 spiro atoms. The van der Waals surface area contributed by atoms with Gasteiger partial charge in [-0.2, -0.15) is 0 Å². The van der Waals surface area contributed by atoms with E-state index in [-0.39, 0.29) is 18.1 Å². The van der Waals surface area contributed by atoms with Crippen molar-refractivity contribution in [1.82, 2.24) is 0 Å². The molecule has 0 N–H and O–H groups in total. The highest BCUT2D eigenvalue weighted by molar-refractivity contribution is 7.91. The van der Waals surface area contributed by atoms with Gasteiger partial charge in [0.25, 0.3) is 0 Å². The Labute approximate surface area is 148 Å². The number of ether oxygens (including phenoxy) is 1. The SMILES string of the molecule is CO[C@H](C(=O)CC1Cc2ccccc2C1S(C)(=O)=O)c1ccccc1. The van der Waals surface area contributed by atoms with Crippen LogP contribution in [-0.2, 0) is 25.8 Å². The number of carbonyl (C=O) groups excluding carboxylic acids is 1. The third-order valence-electron chi connectivity index (χ3n) is 4.83. The molecule has 0 heterocycles. The summed E-state index contributed by atoms with van der Waals surface area (Å²) in [6.07, 6.45) is 1.37. The molecule has 1 aliphatic carbocycles. The maximum Gasteiger partial charge on any atom is 0.166 e. The van der Waals surface area contributed by atoms with Gasteiger partial charge in [-0.1, -0.05) is 54.6 Å². The van der Waals surface area contributed by atoms with Crippen LogP contribution in [0.25, 0.3) is 0 Å². The fourth-order valence-corrected chi connectivity index (χ4v) is 5.43.